The first-order valence-corrected chi connectivity index (χ1v) is 4.87. The van der Waals surface area contributed by atoms with Crippen molar-refractivity contribution in [3.05, 3.63) is 0 Å². The molecule has 3 rings (SSSR count). The molecule has 3 atom stereocenters. The van der Waals surface area contributed by atoms with E-state index in [0.717, 1.165) is 6.42 Å². The molecular formula is C10H18O3. The summed E-state index contributed by atoms with van der Waals surface area (Å²) in [4.78, 5) is 0. The average Bonchev–Trinajstić information content (AvgIpc) is 1.94. The first-order chi connectivity index (χ1) is 5.69. The Hall–Kier alpha value is -0.120. The second-order valence-corrected chi connectivity index (χ2v) is 5.47. The Bertz CT molecular complexity index is 243. The summed E-state index contributed by atoms with van der Waals surface area (Å²) in [5.41, 5.74) is -1.30. The van der Waals surface area contributed by atoms with Gasteiger partial charge in [-0.15, -0.1) is 0 Å². The third-order valence-electron chi connectivity index (χ3n) is 4.49. The van der Waals surface area contributed by atoms with Crippen LogP contribution in [0.2, 0.25) is 0 Å². The van der Waals surface area contributed by atoms with Crippen LogP contribution in [0.15, 0.2) is 0 Å². The van der Waals surface area contributed by atoms with Crippen molar-refractivity contribution in [2.45, 2.75) is 45.0 Å². The van der Waals surface area contributed by atoms with Gasteiger partial charge in [-0.2, -0.15) is 0 Å². The second kappa shape index (κ2) is 2.10. The van der Waals surface area contributed by atoms with Crippen LogP contribution < -0.4 is 0 Å². The fourth-order valence-electron chi connectivity index (χ4n) is 3.15. The molecule has 3 aliphatic rings. The van der Waals surface area contributed by atoms with Crippen molar-refractivity contribution >= 4 is 0 Å². The summed E-state index contributed by atoms with van der Waals surface area (Å²) in [5, 5.41) is 29.3. The lowest BCUT2D eigenvalue weighted by Crippen LogP contribution is -2.72. The molecule has 0 spiro atoms. The van der Waals surface area contributed by atoms with Crippen molar-refractivity contribution in [1.82, 2.24) is 0 Å². The maximum absolute atomic E-state index is 10.0. The zero-order valence-electron chi connectivity index (χ0n) is 8.41. The molecule has 3 aliphatic carbocycles. The normalized spacial score (nSPS) is 51.2. The first kappa shape index (κ1) is 9.44. The van der Waals surface area contributed by atoms with Gasteiger partial charge in [-0.3, -0.25) is 0 Å². The molecule has 3 fully saturated rings. The third kappa shape index (κ3) is 0.901. The van der Waals surface area contributed by atoms with Gasteiger partial charge in [0.05, 0.1) is 0 Å². The summed E-state index contributed by atoms with van der Waals surface area (Å²) in [6.07, 6.45) is 1.21. The Morgan fingerprint density at radius 1 is 1.08 bits per heavy atom. The van der Waals surface area contributed by atoms with E-state index in [9.17, 15) is 15.3 Å². The van der Waals surface area contributed by atoms with Gasteiger partial charge < -0.3 is 15.3 Å². The van der Waals surface area contributed by atoms with Gasteiger partial charge >= 0.3 is 0 Å². The fraction of sp³-hybridized carbons (Fsp3) is 1.00. The topological polar surface area (TPSA) is 60.7 Å². The number of hydrogen-bond donors (Lipinski definition) is 3. The van der Waals surface area contributed by atoms with Crippen molar-refractivity contribution < 1.29 is 15.3 Å². The molecule has 2 bridgehead atoms. The van der Waals surface area contributed by atoms with Gasteiger partial charge in [-0.25, -0.2) is 0 Å². The van der Waals surface area contributed by atoms with E-state index in [2.05, 4.69) is 13.8 Å². The summed E-state index contributed by atoms with van der Waals surface area (Å²) in [7, 11) is 0. The molecule has 3 heteroatoms. The average molecular weight is 186 g/mol. The minimum atomic E-state index is -1.89. The smallest absolute Gasteiger partial charge is 0.192 e. The van der Waals surface area contributed by atoms with Crippen LogP contribution in [0.1, 0.15) is 33.6 Å². The molecule has 0 amide bonds. The molecule has 0 radical (unpaired) electrons. The molecule has 3 nitrogen and oxygen atoms in total. The zero-order valence-corrected chi connectivity index (χ0v) is 8.41. The van der Waals surface area contributed by atoms with Crippen LogP contribution in [0.4, 0.5) is 0 Å². The van der Waals surface area contributed by atoms with Crippen molar-refractivity contribution in [3.63, 3.8) is 0 Å². The molecular weight excluding hydrogens is 168 g/mol. The minimum absolute atomic E-state index is 0.00810. The maximum atomic E-state index is 10.0. The second-order valence-electron chi connectivity index (χ2n) is 5.47. The van der Waals surface area contributed by atoms with Gasteiger partial charge in [0.15, 0.2) is 5.79 Å². The van der Waals surface area contributed by atoms with Crippen LogP contribution in [0.3, 0.4) is 0 Å². The van der Waals surface area contributed by atoms with Crippen molar-refractivity contribution in [2.24, 2.45) is 17.3 Å². The van der Waals surface area contributed by atoms with E-state index in [4.69, 9.17) is 0 Å². The zero-order chi connectivity index (χ0) is 10.1. The highest BCUT2D eigenvalue weighted by Gasteiger charge is 2.68. The highest BCUT2D eigenvalue weighted by Crippen LogP contribution is 2.64. The SMILES string of the molecule is CC1(C)[C@H]2C[C@H]1C(C)(O)C(O)(O)C2. The molecule has 3 saturated carbocycles. The lowest BCUT2D eigenvalue weighted by molar-refractivity contribution is -0.366. The lowest BCUT2D eigenvalue weighted by atomic mass is 9.43. The van der Waals surface area contributed by atoms with Gasteiger partial charge in [0.1, 0.15) is 5.60 Å². The van der Waals surface area contributed by atoms with E-state index < -0.39 is 11.4 Å². The number of fused-ring (bicyclic) bond motifs is 2. The molecule has 13 heavy (non-hydrogen) atoms. The molecule has 0 aromatic carbocycles. The van der Waals surface area contributed by atoms with Crippen LogP contribution in [0.25, 0.3) is 0 Å². The Labute approximate surface area is 78.4 Å². The predicted octanol–water partition coefficient (Wildman–Crippen LogP) is 0.484. The minimum Gasteiger partial charge on any atom is -0.384 e. The van der Waals surface area contributed by atoms with E-state index in [1.165, 1.54) is 6.92 Å². The monoisotopic (exact) mass is 186 g/mol. The number of aliphatic hydroxyl groups is 3. The summed E-state index contributed by atoms with van der Waals surface area (Å²) in [6.45, 7) is 5.72. The summed E-state index contributed by atoms with van der Waals surface area (Å²) >= 11 is 0. The van der Waals surface area contributed by atoms with Gasteiger partial charge in [0, 0.05) is 6.42 Å². The van der Waals surface area contributed by atoms with Crippen LogP contribution >= 0.6 is 0 Å². The Morgan fingerprint density at radius 2 is 1.62 bits per heavy atom. The van der Waals surface area contributed by atoms with Crippen LogP contribution in [-0.2, 0) is 0 Å². The largest absolute Gasteiger partial charge is 0.384 e. The summed E-state index contributed by atoms with van der Waals surface area (Å²) in [6, 6.07) is 0. The first-order valence-electron chi connectivity index (χ1n) is 4.87. The molecule has 0 aromatic rings. The van der Waals surface area contributed by atoms with Crippen molar-refractivity contribution in [1.29, 1.82) is 0 Å². The molecule has 0 heterocycles. The number of rotatable bonds is 0. The Kier molecular flexibility index (Phi) is 1.52. The third-order valence-corrected chi connectivity index (χ3v) is 4.49. The predicted molar refractivity (Wildman–Crippen MR) is 47.8 cm³/mol. The van der Waals surface area contributed by atoms with Crippen molar-refractivity contribution in [2.75, 3.05) is 0 Å². The van der Waals surface area contributed by atoms with Crippen LogP contribution in [0, 0.1) is 17.3 Å². The molecule has 0 aliphatic heterocycles. The Balaban J connectivity index is 2.34. The molecule has 1 unspecified atom stereocenters. The van der Waals surface area contributed by atoms with Crippen molar-refractivity contribution in [3.8, 4) is 0 Å². The Morgan fingerprint density at radius 3 is 1.92 bits per heavy atom. The van der Waals surface area contributed by atoms with Gasteiger partial charge in [0.2, 0.25) is 0 Å². The maximum Gasteiger partial charge on any atom is 0.192 e. The van der Waals surface area contributed by atoms with Crippen LogP contribution in [0.5, 0.6) is 0 Å². The highest BCUT2D eigenvalue weighted by molar-refractivity contribution is 5.14. The molecule has 3 N–H and O–H groups in total. The molecule has 76 valence electrons. The highest BCUT2D eigenvalue weighted by atomic mass is 16.5. The van der Waals surface area contributed by atoms with E-state index in [1.807, 2.05) is 0 Å². The van der Waals surface area contributed by atoms with Gasteiger partial charge in [-0.05, 0) is 30.6 Å². The lowest BCUT2D eigenvalue weighted by Gasteiger charge is -2.66. The fourth-order valence-corrected chi connectivity index (χ4v) is 3.15. The molecule has 0 aromatic heterocycles. The van der Waals surface area contributed by atoms with Gasteiger partial charge in [-0.1, -0.05) is 13.8 Å². The van der Waals surface area contributed by atoms with E-state index >= 15 is 0 Å². The number of hydrogen-bond acceptors (Lipinski definition) is 3. The molecule has 0 saturated heterocycles. The summed E-state index contributed by atoms with van der Waals surface area (Å²) in [5.74, 6) is -1.54. The van der Waals surface area contributed by atoms with Gasteiger partial charge in [0.25, 0.3) is 0 Å². The summed E-state index contributed by atoms with van der Waals surface area (Å²) < 4.78 is 0. The van der Waals surface area contributed by atoms with E-state index in [1.54, 1.807) is 0 Å². The van der Waals surface area contributed by atoms with E-state index in [-0.39, 0.29) is 11.3 Å². The standard InChI is InChI=1S/C10H18O3/c1-8(2)6-4-7(8)9(3,11)10(12,13)5-6/h6-7,11-13H,4-5H2,1-3H3/t6-,7+,9?/m0/s1. The van der Waals surface area contributed by atoms with Crippen LogP contribution in [-0.4, -0.2) is 26.7 Å². The van der Waals surface area contributed by atoms with E-state index in [0.29, 0.717) is 12.3 Å². The quantitative estimate of drug-likeness (QED) is 0.482.